The summed E-state index contributed by atoms with van der Waals surface area (Å²) in [5, 5.41) is 3.51. The van der Waals surface area contributed by atoms with Gasteiger partial charge in [-0.1, -0.05) is 26.0 Å². The molecule has 1 heterocycles. The fourth-order valence-corrected chi connectivity index (χ4v) is 2.46. The van der Waals surface area contributed by atoms with Gasteiger partial charge >= 0.3 is 0 Å². The minimum atomic E-state index is 0.718. The van der Waals surface area contributed by atoms with Crippen LogP contribution in [-0.4, -0.2) is 12.6 Å². The SMILES string of the molecule is C=C(CC)[C@@H](C)C[C@H]1CCN[C@@H](C)C1. The summed E-state index contributed by atoms with van der Waals surface area (Å²) in [5.41, 5.74) is 1.43. The second-order valence-corrected chi connectivity index (χ2v) is 4.89. The van der Waals surface area contributed by atoms with Gasteiger partial charge in [-0.2, -0.15) is 0 Å². The van der Waals surface area contributed by atoms with Crippen molar-refractivity contribution in [1.29, 1.82) is 0 Å². The molecule has 0 spiro atoms. The molecule has 0 amide bonds. The molecule has 1 heteroatoms. The number of rotatable bonds is 4. The lowest BCUT2D eigenvalue weighted by atomic mass is 9.83. The highest BCUT2D eigenvalue weighted by atomic mass is 14.9. The third-order valence-corrected chi connectivity index (χ3v) is 3.57. The van der Waals surface area contributed by atoms with E-state index in [2.05, 4.69) is 32.7 Å². The van der Waals surface area contributed by atoms with E-state index >= 15 is 0 Å². The minimum absolute atomic E-state index is 0.718. The van der Waals surface area contributed by atoms with Crippen molar-refractivity contribution >= 4 is 0 Å². The molecule has 1 nitrogen and oxygen atoms in total. The van der Waals surface area contributed by atoms with Crippen molar-refractivity contribution in [2.45, 2.75) is 52.5 Å². The van der Waals surface area contributed by atoms with Crippen LogP contribution >= 0.6 is 0 Å². The Kier molecular flexibility index (Phi) is 4.67. The second-order valence-electron chi connectivity index (χ2n) is 4.89. The van der Waals surface area contributed by atoms with Gasteiger partial charge in [-0.05, 0) is 51.0 Å². The van der Waals surface area contributed by atoms with Crippen molar-refractivity contribution in [3.8, 4) is 0 Å². The Morgan fingerprint density at radius 2 is 2.29 bits per heavy atom. The Balaban J connectivity index is 2.32. The van der Waals surface area contributed by atoms with Gasteiger partial charge in [0, 0.05) is 6.04 Å². The van der Waals surface area contributed by atoms with Gasteiger partial charge in [0.25, 0.3) is 0 Å². The third kappa shape index (κ3) is 3.45. The van der Waals surface area contributed by atoms with Crippen LogP contribution in [0.4, 0.5) is 0 Å². The molecule has 0 saturated carbocycles. The monoisotopic (exact) mass is 195 g/mol. The molecule has 1 aliphatic rings. The highest BCUT2D eigenvalue weighted by Crippen LogP contribution is 2.27. The fraction of sp³-hybridized carbons (Fsp3) is 0.846. The van der Waals surface area contributed by atoms with Crippen molar-refractivity contribution in [2.75, 3.05) is 6.54 Å². The summed E-state index contributed by atoms with van der Waals surface area (Å²) in [4.78, 5) is 0. The molecule has 0 bridgehead atoms. The first-order valence-electron chi connectivity index (χ1n) is 6.04. The quantitative estimate of drug-likeness (QED) is 0.678. The van der Waals surface area contributed by atoms with Crippen molar-refractivity contribution in [1.82, 2.24) is 5.32 Å². The van der Waals surface area contributed by atoms with E-state index in [9.17, 15) is 0 Å². The third-order valence-electron chi connectivity index (χ3n) is 3.57. The highest BCUT2D eigenvalue weighted by Gasteiger charge is 2.20. The van der Waals surface area contributed by atoms with Crippen molar-refractivity contribution < 1.29 is 0 Å². The molecular formula is C13H25N. The molecule has 0 aromatic heterocycles. The normalized spacial score (nSPS) is 29.9. The van der Waals surface area contributed by atoms with Crippen molar-refractivity contribution in [3.63, 3.8) is 0 Å². The summed E-state index contributed by atoms with van der Waals surface area (Å²) in [6, 6.07) is 0.718. The maximum atomic E-state index is 4.14. The maximum Gasteiger partial charge on any atom is 0.00413 e. The molecule has 0 unspecified atom stereocenters. The minimum Gasteiger partial charge on any atom is -0.314 e. The summed E-state index contributed by atoms with van der Waals surface area (Å²) in [7, 11) is 0. The molecule has 0 radical (unpaired) electrons. The van der Waals surface area contributed by atoms with Gasteiger partial charge in [-0.3, -0.25) is 0 Å². The van der Waals surface area contributed by atoms with Gasteiger partial charge in [0.15, 0.2) is 0 Å². The number of hydrogen-bond donors (Lipinski definition) is 1. The standard InChI is InChI=1S/C13H25N/c1-5-10(2)11(3)8-13-6-7-14-12(4)9-13/h11-14H,2,5-9H2,1,3-4H3/t11-,12-,13+/m0/s1. The number of allylic oxidation sites excluding steroid dienone is 1. The summed E-state index contributed by atoms with van der Waals surface area (Å²) >= 11 is 0. The van der Waals surface area contributed by atoms with Crippen LogP contribution in [0.25, 0.3) is 0 Å². The van der Waals surface area contributed by atoms with Gasteiger partial charge in [0.1, 0.15) is 0 Å². The van der Waals surface area contributed by atoms with Gasteiger partial charge in [-0.25, -0.2) is 0 Å². The summed E-state index contributed by atoms with van der Waals surface area (Å²) < 4.78 is 0. The average Bonchev–Trinajstić information content (AvgIpc) is 2.16. The van der Waals surface area contributed by atoms with E-state index in [0.29, 0.717) is 0 Å². The van der Waals surface area contributed by atoms with Crippen LogP contribution in [0.1, 0.15) is 46.5 Å². The van der Waals surface area contributed by atoms with E-state index < -0.39 is 0 Å². The molecule has 14 heavy (non-hydrogen) atoms. The summed E-state index contributed by atoms with van der Waals surface area (Å²) in [6.07, 6.45) is 5.19. The predicted octanol–water partition coefficient (Wildman–Crippen LogP) is 3.37. The Bertz CT molecular complexity index is 186. The average molecular weight is 195 g/mol. The zero-order valence-electron chi connectivity index (χ0n) is 9.97. The van der Waals surface area contributed by atoms with Gasteiger partial charge in [0.2, 0.25) is 0 Å². The number of hydrogen-bond acceptors (Lipinski definition) is 1. The van der Waals surface area contributed by atoms with E-state index in [-0.39, 0.29) is 0 Å². The zero-order valence-corrected chi connectivity index (χ0v) is 9.97. The molecule has 0 aromatic rings. The molecule has 1 aliphatic heterocycles. The molecule has 1 rings (SSSR count). The van der Waals surface area contributed by atoms with Crippen molar-refractivity contribution in [3.05, 3.63) is 12.2 Å². The van der Waals surface area contributed by atoms with E-state index in [1.165, 1.54) is 31.4 Å². The van der Waals surface area contributed by atoms with Gasteiger partial charge < -0.3 is 5.32 Å². The molecule has 82 valence electrons. The molecule has 0 aliphatic carbocycles. The van der Waals surface area contributed by atoms with Crippen molar-refractivity contribution in [2.24, 2.45) is 11.8 Å². The topological polar surface area (TPSA) is 12.0 Å². The van der Waals surface area contributed by atoms with Gasteiger partial charge in [-0.15, -0.1) is 0 Å². The Morgan fingerprint density at radius 1 is 1.57 bits per heavy atom. The first-order chi connectivity index (χ1) is 6.63. The zero-order chi connectivity index (χ0) is 10.6. The molecular weight excluding hydrogens is 170 g/mol. The molecule has 1 saturated heterocycles. The van der Waals surface area contributed by atoms with Crippen LogP contribution in [0.2, 0.25) is 0 Å². The van der Waals surface area contributed by atoms with Crippen LogP contribution in [0.15, 0.2) is 12.2 Å². The Morgan fingerprint density at radius 3 is 2.86 bits per heavy atom. The predicted molar refractivity (Wildman–Crippen MR) is 63.4 cm³/mol. The largest absolute Gasteiger partial charge is 0.314 e. The van der Waals surface area contributed by atoms with E-state index in [0.717, 1.165) is 24.3 Å². The Labute approximate surface area is 89.0 Å². The second kappa shape index (κ2) is 5.55. The fourth-order valence-electron chi connectivity index (χ4n) is 2.46. The van der Waals surface area contributed by atoms with E-state index in [4.69, 9.17) is 0 Å². The van der Waals surface area contributed by atoms with Gasteiger partial charge in [0.05, 0.1) is 0 Å². The number of nitrogens with one attached hydrogen (secondary N) is 1. The Hall–Kier alpha value is -0.300. The first-order valence-corrected chi connectivity index (χ1v) is 6.04. The van der Waals surface area contributed by atoms with Crippen LogP contribution in [0.5, 0.6) is 0 Å². The lowest BCUT2D eigenvalue weighted by molar-refractivity contribution is 0.279. The molecule has 3 atom stereocenters. The summed E-state index contributed by atoms with van der Waals surface area (Å²) in [6.45, 7) is 12.2. The molecule has 1 N–H and O–H groups in total. The molecule has 0 aromatic carbocycles. The smallest absolute Gasteiger partial charge is 0.00413 e. The van der Waals surface area contributed by atoms with Crippen LogP contribution in [0.3, 0.4) is 0 Å². The summed E-state index contributed by atoms with van der Waals surface area (Å²) in [5.74, 6) is 1.64. The molecule has 1 fully saturated rings. The van der Waals surface area contributed by atoms with E-state index in [1.807, 2.05) is 0 Å². The first kappa shape index (κ1) is 11.8. The lowest BCUT2D eigenvalue weighted by Crippen LogP contribution is -2.36. The van der Waals surface area contributed by atoms with Crippen LogP contribution < -0.4 is 5.32 Å². The maximum absolute atomic E-state index is 4.14. The van der Waals surface area contributed by atoms with Crippen LogP contribution in [0, 0.1) is 11.8 Å². The number of piperidine rings is 1. The highest BCUT2D eigenvalue weighted by molar-refractivity contribution is 4.98. The van der Waals surface area contributed by atoms with Crippen LogP contribution in [-0.2, 0) is 0 Å². The lowest BCUT2D eigenvalue weighted by Gasteiger charge is -2.30. The van der Waals surface area contributed by atoms with E-state index in [1.54, 1.807) is 0 Å².